The number of benzene rings is 1. The summed E-state index contributed by atoms with van der Waals surface area (Å²) in [5.74, 6) is 0. The number of hydrogen-bond acceptors (Lipinski definition) is 1. The number of aromatic nitrogens is 1. The second-order valence-electron chi connectivity index (χ2n) is 3.13. The van der Waals surface area contributed by atoms with Gasteiger partial charge in [0.25, 0.3) is 0 Å². The van der Waals surface area contributed by atoms with Crippen LogP contribution in [0.5, 0.6) is 0 Å². The first-order chi connectivity index (χ1) is 7.33. The van der Waals surface area contributed by atoms with Gasteiger partial charge in [0.1, 0.15) is 5.15 Å². The van der Waals surface area contributed by atoms with Gasteiger partial charge in [-0.3, -0.25) is 0 Å². The molecule has 0 saturated carbocycles. The lowest BCUT2D eigenvalue weighted by molar-refractivity contribution is 1.26. The van der Waals surface area contributed by atoms with Gasteiger partial charge in [-0.1, -0.05) is 57.9 Å². The lowest BCUT2D eigenvalue weighted by Crippen LogP contribution is -1.89. The van der Waals surface area contributed by atoms with Gasteiger partial charge in [-0.2, -0.15) is 0 Å². The predicted molar refractivity (Wildman–Crippen MR) is 67.3 cm³/mol. The summed E-state index contributed by atoms with van der Waals surface area (Å²) in [5, 5.41) is 1.28. The standard InChI is InChI=1S/C12H9BrClN/c13-8-11-10(6-7-15-12(11)14)9-4-2-1-3-5-9/h1-7H,8H2. The zero-order chi connectivity index (χ0) is 10.7. The SMILES string of the molecule is Clc1nccc(-c2ccccc2)c1CBr. The Hall–Kier alpha value is -0.860. The number of alkyl halides is 1. The van der Waals surface area contributed by atoms with Gasteiger partial charge in [-0.05, 0) is 17.2 Å². The van der Waals surface area contributed by atoms with Crippen LogP contribution in [0.25, 0.3) is 11.1 Å². The molecular formula is C12H9BrClN. The van der Waals surface area contributed by atoms with E-state index in [1.165, 1.54) is 0 Å². The van der Waals surface area contributed by atoms with Gasteiger partial charge in [0.05, 0.1) is 0 Å². The molecule has 0 atom stereocenters. The van der Waals surface area contributed by atoms with E-state index in [9.17, 15) is 0 Å². The number of hydrogen-bond donors (Lipinski definition) is 0. The van der Waals surface area contributed by atoms with Crippen molar-refractivity contribution in [3.63, 3.8) is 0 Å². The van der Waals surface area contributed by atoms with E-state index in [-0.39, 0.29) is 0 Å². The van der Waals surface area contributed by atoms with Crippen LogP contribution < -0.4 is 0 Å². The fourth-order valence-corrected chi connectivity index (χ4v) is 2.44. The maximum atomic E-state index is 6.04. The average molecular weight is 283 g/mol. The monoisotopic (exact) mass is 281 g/mol. The van der Waals surface area contributed by atoms with Crippen molar-refractivity contribution in [2.24, 2.45) is 0 Å². The molecule has 0 aliphatic carbocycles. The number of halogens is 2. The van der Waals surface area contributed by atoms with E-state index in [2.05, 4.69) is 33.0 Å². The van der Waals surface area contributed by atoms with Crippen LogP contribution in [0.15, 0.2) is 42.6 Å². The van der Waals surface area contributed by atoms with E-state index in [0.717, 1.165) is 16.7 Å². The highest BCUT2D eigenvalue weighted by Gasteiger charge is 2.07. The molecular weight excluding hydrogens is 273 g/mol. The largest absolute Gasteiger partial charge is 0.244 e. The van der Waals surface area contributed by atoms with Crippen LogP contribution in [-0.2, 0) is 5.33 Å². The Balaban J connectivity index is 2.58. The summed E-state index contributed by atoms with van der Waals surface area (Å²) >= 11 is 9.47. The topological polar surface area (TPSA) is 12.9 Å². The summed E-state index contributed by atoms with van der Waals surface area (Å²) in [5.41, 5.74) is 3.33. The molecule has 0 fully saturated rings. The summed E-state index contributed by atoms with van der Waals surface area (Å²) in [6, 6.07) is 12.1. The molecule has 3 heteroatoms. The Morgan fingerprint density at radius 2 is 1.87 bits per heavy atom. The normalized spacial score (nSPS) is 10.3. The highest BCUT2D eigenvalue weighted by molar-refractivity contribution is 9.08. The molecule has 1 aromatic carbocycles. The van der Waals surface area contributed by atoms with Crippen molar-refractivity contribution in [2.45, 2.75) is 5.33 Å². The average Bonchev–Trinajstić information content (AvgIpc) is 2.30. The molecule has 15 heavy (non-hydrogen) atoms. The van der Waals surface area contributed by atoms with Crippen molar-refractivity contribution in [1.29, 1.82) is 0 Å². The summed E-state index contributed by atoms with van der Waals surface area (Å²) in [7, 11) is 0. The minimum Gasteiger partial charge on any atom is -0.244 e. The highest BCUT2D eigenvalue weighted by Crippen LogP contribution is 2.28. The van der Waals surface area contributed by atoms with Crippen LogP contribution in [0.2, 0.25) is 5.15 Å². The molecule has 0 saturated heterocycles. The third kappa shape index (κ3) is 2.21. The zero-order valence-corrected chi connectivity index (χ0v) is 10.3. The van der Waals surface area contributed by atoms with Gasteiger partial charge in [0, 0.05) is 17.1 Å². The van der Waals surface area contributed by atoms with Crippen molar-refractivity contribution >= 4 is 27.5 Å². The molecule has 0 N–H and O–H groups in total. The minimum atomic E-state index is 0.563. The fraction of sp³-hybridized carbons (Fsp3) is 0.0833. The molecule has 1 aromatic heterocycles. The molecule has 0 aliphatic rings. The Bertz CT molecular complexity index is 456. The first kappa shape index (κ1) is 10.7. The van der Waals surface area contributed by atoms with Crippen molar-refractivity contribution < 1.29 is 0 Å². The van der Waals surface area contributed by atoms with Gasteiger partial charge < -0.3 is 0 Å². The van der Waals surface area contributed by atoms with Crippen LogP contribution in [0.4, 0.5) is 0 Å². The molecule has 1 nitrogen and oxygen atoms in total. The minimum absolute atomic E-state index is 0.563. The smallest absolute Gasteiger partial charge is 0.133 e. The van der Waals surface area contributed by atoms with E-state index in [0.29, 0.717) is 10.5 Å². The molecule has 0 bridgehead atoms. The van der Waals surface area contributed by atoms with Crippen LogP contribution in [0.3, 0.4) is 0 Å². The second-order valence-corrected chi connectivity index (χ2v) is 4.05. The van der Waals surface area contributed by atoms with Crippen LogP contribution in [-0.4, -0.2) is 4.98 Å². The predicted octanol–water partition coefficient (Wildman–Crippen LogP) is 4.30. The van der Waals surface area contributed by atoms with Crippen molar-refractivity contribution in [3.8, 4) is 11.1 Å². The van der Waals surface area contributed by atoms with Gasteiger partial charge in [-0.25, -0.2) is 4.98 Å². The third-order valence-corrected chi connectivity index (χ3v) is 3.11. The first-order valence-corrected chi connectivity index (χ1v) is 6.07. The highest BCUT2D eigenvalue weighted by atomic mass is 79.9. The molecule has 0 radical (unpaired) electrons. The van der Waals surface area contributed by atoms with E-state index < -0.39 is 0 Å². The van der Waals surface area contributed by atoms with Gasteiger partial charge >= 0.3 is 0 Å². The molecule has 2 aromatic rings. The molecule has 2 rings (SSSR count). The number of nitrogens with zero attached hydrogens (tertiary/aromatic N) is 1. The zero-order valence-electron chi connectivity index (χ0n) is 7.95. The summed E-state index contributed by atoms with van der Waals surface area (Å²) in [6.45, 7) is 0. The Kier molecular flexibility index (Phi) is 3.39. The lowest BCUT2D eigenvalue weighted by Gasteiger charge is -2.07. The van der Waals surface area contributed by atoms with E-state index in [1.54, 1.807) is 6.20 Å². The quantitative estimate of drug-likeness (QED) is 0.591. The molecule has 0 aliphatic heterocycles. The second kappa shape index (κ2) is 4.77. The van der Waals surface area contributed by atoms with Gasteiger partial charge in [-0.15, -0.1) is 0 Å². The summed E-state index contributed by atoms with van der Waals surface area (Å²) < 4.78 is 0. The van der Waals surface area contributed by atoms with Crippen LogP contribution in [0.1, 0.15) is 5.56 Å². The Labute approximate surface area is 102 Å². The summed E-state index contributed by atoms with van der Waals surface area (Å²) in [4.78, 5) is 4.07. The van der Waals surface area contributed by atoms with Crippen LogP contribution >= 0.6 is 27.5 Å². The maximum Gasteiger partial charge on any atom is 0.133 e. The van der Waals surface area contributed by atoms with Crippen molar-refractivity contribution in [1.82, 2.24) is 4.98 Å². The van der Waals surface area contributed by atoms with Gasteiger partial charge in [0.2, 0.25) is 0 Å². The molecule has 0 spiro atoms. The van der Waals surface area contributed by atoms with Crippen molar-refractivity contribution in [3.05, 3.63) is 53.3 Å². The molecule has 0 amide bonds. The fourth-order valence-electron chi connectivity index (χ4n) is 1.48. The van der Waals surface area contributed by atoms with E-state index >= 15 is 0 Å². The molecule has 76 valence electrons. The number of pyridine rings is 1. The van der Waals surface area contributed by atoms with E-state index in [4.69, 9.17) is 11.6 Å². The van der Waals surface area contributed by atoms with E-state index in [1.807, 2.05) is 24.3 Å². The first-order valence-electron chi connectivity index (χ1n) is 4.57. The number of rotatable bonds is 2. The molecule has 0 unspecified atom stereocenters. The van der Waals surface area contributed by atoms with Crippen molar-refractivity contribution in [2.75, 3.05) is 0 Å². The lowest BCUT2D eigenvalue weighted by atomic mass is 10.0. The van der Waals surface area contributed by atoms with Gasteiger partial charge in [0.15, 0.2) is 0 Å². The van der Waals surface area contributed by atoms with Crippen LogP contribution in [0, 0.1) is 0 Å². The maximum absolute atomic E-state index is 6.04. The summed E-state index contributed by atoms with van der Waals surface area (Å²) in [6.07, 6.45) is 1.73. The Morgan fingerprint density at radius 1 is 1.13 bits per heavy atom. The molecule has 1 heterocycles. The third-order valence-electron chi connectivity index (χ3n) is 2.22. The Morgan fingerprint density at radius 3 is 2.53 bits per heavy atom.